The number of aromatic nitrogens is 2. The number of rotatable bonds is 6. The second kappa shape index (κ2) is 12.7. The number of hydrogen-bond acceptors (Lipinski definition) is 10. The molecule has 2 aliphatic heterocycles. The molecule has 1 fully saturated rings. The average Bonchev–Trinajstić information content (AvgIpc) is 3.22. The highest BCUT2D eigenvalue weighted by Gasteiger charge is 2.44. The molecule has 1 aromatic heterocycles. The third kappa shape index (κ3) is 7.57. The van der Waals surface area contributed by atoms with Crippen LogP contribution in [0, 0.1) is 5.82 Å². The number of halogens is 4. The van der Waals surface area contributed by atoms with Gasteiger partial charge in [-0.05, 0) is 84.0 Å². The Morgan fingerprint density at radius 1 is 1.06 bits per heavy atom. The number of carbonyl (C=O) groups is 2. The lowest BCUT2D eigenvalue weighted by atomic mass is 10.0. The summed E-state index contributed by atoms with van der Waals surface area (Å²) in [4.78, 5) is 39.9. The molecule has 2 aromatic carbocycles. The molecule has 3 aromatic rings. The van der Waals surface area contributed by atoms with E-state index < -0.39 is 48.7 Å². The Hall–Kier alpha value is -4.23. The second-order valence-electron chi connectivity index (χ2n) is 13.2. The number of imide groups is 1. The summed E-state index contributed by atoms with van der Waals surface area (Å²) in [5, 5.41) is 2.98. The van der Waals surface area contributed by atoms with Gasteiger partial charge in [0.2, 0.25) is 5.95 Å². The Morgan fingerprint density at radius 2 is 1.73 bits per heavy atom. The second-order valence-corrected chi connectivity index (χ2v) is 16.4. The minimum atomic E-state index is -4.99. The number of hydrogen-bond donors (Lipinski definition) is 1. The SMILES string of the molecule is CC1c2c(cc(-c3nc(Nc4cc(N5CCN(C)CC5)ccc4OC(F)(F)F)ncc3F)cc2P(C)(C)=O)C(=O)N1C(=O)OC(C)(C)C. The highest BCUT2D eigenvalue weighted by Crippen LogP contribution is 2.45. The number of nitrogens with one attached hydrogen (secondary N) is 1. The maximum atomic E-state index is 15.4. The van der Waals surface area contributed by atoms with Crippen molar-refractivity contribution in [2.75, 3.05) is 56.8 Å². The molecule has 48 heavy (non-hydrogen) atoms. The summed E-state index contributed by atoms with van der Waals surface area (Å²) in [6, 6.07) is 6.15. The number of carbonyl (C=O) groups excluding carboxylic acids is 2. The van der Waals surface area contributed by atoms with Gasteiger partial charge < -0.3 is 29.2 Å². The van der Waals surface area contributed by atoms with Gasteiger partial charge in [-0.1, -0.05) is 0 Å². The molecule has 0 spiro atoms. The van der Waals surface area contributed by atoms with Gasteiger partial charge in [0.05, 0.1) is 17.9 Å². The first-order valence-electron chi connectivity index (χ1n) is 15.1. The summed E-state index contributed by atoms with van der Waals surface area (Å²) in [5.41, 5.74) is -0.250. The first kappa shape index (κ1) is 35.1. The van der Waals surface area contributed by atoms with Crippen molar-refractivity contribution in [1.82, 2.24) is 19.8 Å². The van der Waals surface area contributed by atoms with Crippen LogP contribution in [0.4, 0.5) is 39.7 Å². The van der Waals surface area contributed by atoms with E-state index in [9.17, 15) is 27.3 Å². The van der Waals surface area contributed by atoms with Crippen LogP contribution in [0.5, 0.6) is 5.75 Å². The van der Waals surface area contributed by atoms with E-state index >= 15 is 4.39 Å². The molecule has 2 amide bonds. The van der Waals surface area contributed by atoms with Gasteiger partial charge in [-0.25, -0.2) is 24.1 Å². The van der Waals surface area contributed by atoms with E-state index in [1.54, 1.807) is 27.7 Å². The van der Waals surface area contributed by atoms with Gasteiger partial charge in [0, 0.05) is 48.3 Å². The third-order valence-electron chi connectivity index (χ3n) is 7.90. The van der Waals surface area contributed by atoms with E-state index in [2.05, 4.69) is 24.9 Å². The van der Waals surface area contributed by atoms with E-state index in [0.717, 1.165) is 24.2 Å². The fraction of sp³-hybridized carbons (Fsp3) is 0.438. The molecule has 0 bridgehead atoms. The van der Waals surface area contributed by atoms with Crippen LogP contribution in [0.15, 0.2) is 36.5 Å². The molecular formula is C32H37F4N6O5P. The van der Waals surface area contributed by atoms with E-state index in [0.29, 0.717) is 24.3 Å². The molecule has 1 atom stereocenters. The lowest BCUT2D eigenvalue weighted by Gasteiger charge is -2.34. The Labute approximate surface area is 275 Å². The normalized spacial score (nSPS) is 17.4. The number of nitrogens with zero attached hydrogens (tertiary/aromatic N) is 5. The Bertz CT molecular complexity index is 1800. The molecule has 1 saturated heterocycles. The summed E-state index contributed by atoms with van der Waals surface area (Å²) in [5.74, 6) is -2.43. The Kier molecular flexibility index (Phi) is 9.26. The molecule has 2 aliphatic rings. The molecule has 0 aliphatic carbocycles. The lowest BCUT2D eigenvalue weighted by Crippen LogP contribution is -2.44. The van der Waals surface area contributed by atoms with Gasteiger partial charge in [0.15, 0.2) is 11.6 Å². The van der Waals surface area contributed by atoms with Gasteiger partial charge in [-0.15, -0.1) is 13.2 Å². The molecule has 5 rings (SSSR count). The van der Waals surface area contributed by atoms with Gasteiger partial charge in [0.1, 0.15) is 18.4 Å². The number of likely N-dealkylation sites (N-methyl/N-ethyl adjacent to an activating group) is 1. The van der Waals surface area contributed by atoms with Crippen LogP contribution < -0.4 is 20.3 Å². The Balaban J connectivity index is 1.56. The van der Waals surface area contributed by atoms with Crippen LogP contribution in [0.2, 0.25) is 0 Å². The summed E-state index contributed by atoms with van der Waals surface area (Å²) in [7, 11) is -1.17. The van der Waals surface area contributed by atoms with Gasteiger partial charge in [-0.2, -0.15) is 0 Å². The van der Waals surface area contributed by atoms with Crippen molar-refractivity contribution < 1.29 is 41.2 Å². The predicted octanol–water partition coefficient (Wildman–Crippen LogP) is 6.38. The van der Waals surface area contributed by atoms with Crippen LogP contribution >= 0.6 is 7.14 Å². The Morgan fingerprint density at radius 3 is 2.33 bits per heavy atom. The topological polar surface area (TPSA) is 117 Å². The molecule has 0 saturated carbocycles. The van der Waals surface area contributed by atoms with Crippen molar-refractivity contribution in [3.05, 3.63) is 53.5 Å². The van der Waals surface area contributed by atoms with Crippen molar-refractivity contribution in [3.63, 3.8) is 0 Å². The fourth-order valence-corrected chi connectivity index (χ4v) is 7.00. The van der Waals surface area contributed by atoms with Crippen LogP contribution in [-0.4, -0.2) is 90.3 Å². The molecule has 258 valence electrons. The summed E-state index contributed by atoms with van der Waals surface area (Å²) >= 11 is 0. The molecule has 1 unspecified atom stereocenters. The minimum Gasteiger partial charge on any atom is -0.443 e. The molecule has 3 heterocycles. The van der Waals surface area contributed by atoms with E-state index in [4.69, 9.17) is 4.74 Å². The number of alkyl halides is 3. The monoisotopic (exact) mass is 692 g/mol. The molecule has 11 nitrogen and oxygen atoms in total. The molecule has 1 N–H and O–H groups in total. The fourth-order valence-electron chi connectivity index (χ4n) is 5.66. The summed E-state index contributed by atoms with van der Waals surface area (Å²) < 4.78 is 78.6. The van der Waals surface area contributed by atoms with Crippen LogP contribution in [0.25, 0.3) is 11.3 Å². The van der Waals surface area contributed by atoms with Gasteiger partial charge in [-0.3, -0.25) is 4.79 Å². The summed E-state index contributed by atoms with van der Waals surface area (Å²) in [6.45, 7) is 12.4. The van der Waals surface area contributed by atoms with Crippen molar-refractivity contribution in [3.8, 4) is 17.0 Å². The zero-order chi connectivity index (χ0) is 35.3. The first-order valence-corrected chi connectivity index (χ1v) is 17.8. The van der Waals surface area contributed by atoms with Crippen molar-refractivity contribution in [1.29, 1.82) is 0 Å². The third-order valence-corrected chi connectivity index (χ3v) is 9.43. The summed E-state index contributed by atoms with van der Waals surface area (Å²) in [6.07, 6.45) is -5.05. The van der Waals surface area contributed by atoms with Crippen molar-refractivity contribution in [2.45, 2.75) is 45.7 Å². The number of anilines is 3. The largest absolute Gasteiger partial charge is 0.573 e. The lowest BCUT2D eigenvalue weighted by molar-refractivity contribution is -0.274. The smallest absolute Gasteiger partial charge is 0.443 e. The van der Waals surface area contributed by atoms with E-state index in [1.807, 2.05) is 11.9 Å². The zero-order valence-corrected chi connectivity index (χ0v) is 28.5. The quantitative estimate of drug-likeness (QED) is 0.231. The standard InChI is InChI=1S/C32H37F4N6O5P/c1-18-26-21(28(43)42(18)30(44)47-31(2,3)4)14-19(15-25(26)48(6,7)45)27-22(33)17-37-29(39-27)38-23-16-20(41-12-10-40(5)11-13-41)8-9-24(23)46-32(34,35)36/h8-9,14-18H,10-13H2,1-7H3,(H,37,38,39). The van der Waals surface area contributed by atoms with Crippen LogP contribution in [0.3, 0.4) is 0 Å². The molecule has 16 heteroatoms. The number of amides is 2. The van der Waals surface area contributed by atoms with Gasteiger partial charge in [0.25, 0.3) is 5.91 Å². The maximum absolute atomic E-state index is 15.4. The maximum Gasteiger partial charge on any atom is 0.573 e. The first-order chi connectivity index (χ1) is 22.2. The van der Waals surface area contributed by atoms with Crippen molar-refractivity contribution in [2.24, 2.45) is 0 Å². The van der Waals surface area contributed by atoms with E-state index in [1.165, 1.54) is 43.7 Å². The number of fused-ring (bicyclic) bond motifs is 1. The highest BCUT2D eigenvalue weighted by molar-refractivity contribution is 7.70. The minimum absolute atomic E-state index is 0.0260. The predicted molar refractivity (Wildman–Crippen MR) is 173 cm³/mol. The van der Waals surface area contributed by atoms with E-state index in [-0.39, 0.29) is 33.8 Å². The van der Waals surface area contributed by atoms with Crippen LogP contribution in [0.1, 0.15) is 49.7 Å². The van der Waals surface area contributed by atoms with Gasteiger partial charge >= 0.3 is 12.5 Å². The van der Waals surface area contributed by atoms with Crippen LogP contribution in [-0.2, 0) is 9.30 Å². The zero-order valence-electron chi connectivity index (χ0n) is 27.6. The number of ether oxygens (including phenoxy) is 2. The average molecular weight is 693 g/mol. The number of piperazine rings is 1. The molecular weight excluding hydrogens is 655 g/mol. The number of benzene rings is 2. The van der Waals surface area contributed by atoms with Crippen molar-refractivity contribution >= 4 is 41.8 Å². The highest BCUT2D eigenvalue weighted by atomic mass is 31.2. The molecule has 0 radical (unpaired) electrons.